The van der Waals surface area contributed by atoms with Crippen LogP contribution in [0.4, 0.5) is 0 Å². The molecule has 0 saturated heterocycles. The molecule has 0 aliphatic carbocycles. The summed E-state index contributed by atoms with van der Waals surface area (Å²) in [6.45, 7) is 4.65. The molecule has 0 bridgehead atoms. The highest BCUT2D eigenvalue weighted by molar-refractivity contribution is 7.15. The highest BCUT2D eigenvalue weighted by Crippen LogP contribution is 2.33. The Balaban J connectivity index is 2.16. The predicted molar refractivity (Wildman–Crippen MR) is 93.0 cm³/mol. The van der Waals surface area contributed by atoms with Crippen molar-refractivity contribution in [3.05, 3.63) is 45.3 Å². The number of hydrogen-bond acceptors (Lipinski definition) is 3. The van der Waals surface area contributed by atoms with Gasteiger partial charge in [0, 0.05) is 22.3 Å². The van der Waals surface area contributed by atoms with Gasteiger partial charge in [0.15, 0.2) is 0 Å². The zero-order valence-corrected chi connectivity index (χ0v) is 14.7. The van der Waals surface area contributed by atoms with Crippen LogP contribution in [-0.4, -0.2) is 28.6 Å². The summed E-state index contributed by atoms with van der Waals surface area (Å²) in [6, 6.07) is 9.78. The number of nitrogens with zero attached hydrogens (tertiary/aromatic N) is 1. The lowest BCUT2D eigenvalue weighted by atomic mass is 10.2. The zero-order valence-electron chi connectivity index (χ0n) is 12.3. The number of halogens is 2. The average molecular weight is 358 g/mol. The monoisotopic (exact) mass is 357 g/mol. The zero-order chi connectivity index (χ0) is 16.3. The van der Waals surface area contributed by atoms with Crippen molar-refractivity contribution in [2.75, 3.05) is 6.54 Å². The number of carboxylic acids is 1. The van der Waals surface area contributed by atoms with Gasteiger partial charge in [0.25, 0.3) is 0 Å². The molecule has 0 spiro atoms. The summed E-state index contributed by atoms with van der Waals surface area (Å²) in [5.41, 5.74) is 1.01. The number of rotatable bonds is 6. The molecule has 0 fully saturated rings. The topological polar surface area (TPSA) is 40.5 Å². The molecule has 118 valence electrons. The van der Waals surface area contributed by atoms with E-state index in [2.05, 4.69) is 0 Å². The molecule has 0 aliphatic heterocycles. The van der Waals surface area contributed by atoms with Crippen molar-refractivity contribution in [3.63, 3.8) is 0 Å². The number of carbonyl (C=O) groups is 1. The van der Waals surface area contributed by atoms with E-state index in [0.29, 0.717) is 16.6 Å². The third kappa shape index (κ3) is 4.46. The van der Waals surface area contributed by atoms with E-state index in [1.165, 1.54) is 0 Å². The Morgan fingerprint density at radius 1 is 1.23 bits per heavy atom. The lowest BCUT2D eigenvalue weighted by Gasteiger charge is -2.23. The van der Waals surface area contributed by atoms with Crippen molar-refractivity contribution in [1.29, 1.82) is 0 Å². The molecule has 0 saturated carbocycles. The minimum atomic E-state index is -0.810. The van der Waals surface area contributed by atoms with E-state index in [-0.39, 0.29) is 12.6 Å². The van der Waals surface area contributed by atoms with Crippen LogP contribution in [0.3, 0.4) is 0 Å². The van der Waals surface area contributed by atoms with Gasteiger partial charge in [0.05, 0.1) is 16.6 Å². The van der Waals surface area contributed by atoms with E-state index >= 15 is 0 Å². The quantitative estimate of drug-likeness (QED) is 0.789. The lowest BCUT2D eigenvalue weighted by Crippen LogP contribution is -2.34. The molecule has 0 amide bonds. The van der Waals surface area contributed by atoms with Crippen molar-refractivity contribution < 1.29 is 9.90 Å². The van der Waals surface area contributed by atoms with E-state index in [4.69, 9.17) is 28.3 Å². The van der Waals surface area contributed by atoms with Crippen LogP contribution < -0.4 is 0 Å². The highest BCUT2D eigenvalue weighted by atomic mass is 35.5. The first kappa shape index (κ1) is 17.3. The Morgan fingerprint density at radius 2 is 1.95 bits per heavy atom. The number of thiophene rings is 1. The second-order valence-corrected chi connectivity index (χ2v) is 7.27. The van der Waals surface area contributed by atoms with Crippen LogP contribution in [0, 0.1) is 0 Å². The van der Waals surface area contributed by atoms with Gasteiger partial charge in [-0.3, -0.25) is 9.69 Å². The van der Waals surface area contributed by atoms with E-state index < -0.39 is 5.97 Å². The van der Waals surface area contributed by atoms with E-state index in [1.54, 1.807) is 17.4 Å². The molecule has 1 heterocycles. The molecule has 1 aromatic heterocycles. The second kappa shape index (κ2) is 7.47. The van der Waals surface area contributed by atoms with Crippen molar-refractivity contribution in [2.45, 2.75) is 26.4 Å². The predicted octanol–water partition coefficient (Wildman–Crippen LogP) is 5.02. The van der Waals surface area contributed by atoms with Gasteiger partial charge in [0.1, 0.15) is 0 Å². The van der Waals surface area contributed by atoms with Crippen LogP contribution in [0.1, 0.15) is 18.7 Å². The van der Waals surface area contributed by atoms with Crippen molar-refractivity contribution in [3.8, 4) is 10.4 Å². The van der Waals surface area contributed by atoms with Gasteiger partial charge < -0.3 is 5.11 Å². The molecular weight excluding hydrogens is 341 g/mol. The van der Waals surface area contributed by atoms with Gasteiger partial charge in [-0.25, -0.2) is 0 Å². The molecule has 2 rings (SSSR count). The lowest BCUT2D eigenvalue weighted by molar-refractivity contribution is -0.138. The number of carboxylic acid groups (broad SMARTS) is 1. The largest absolute Gasteiger partial charge is 0.480 e. The van der Waals surface area contributed by atoms with Crippen LogP contribution in [-0.2, 0) is 11.3 Å². The maximum atomic E-state index is 10.9. The summed E-state index contributed by atoms with van der Waals surface area (Å²) in [5.74, 6) is -0.810. The molecule has 0 radical (unpaired) electrons. The Labute approximate surface area is 144 Å². The van der Waals surface area contributed by atoms with Gasteiger partial charge in [0.2, 0.25) is 0 Å². The fourth-order valence-electron chi connectivity index (χ4n) is 2.06. The first-order valence-electron chi connectivity index (χ1n) is 6.87. The van der Waals surface area contributed by atoms with Gasteiger partial charge in [-0.2, -0.15) is 0 Å². The van der Waals surface area contributed by atoms with Crippen molar-refractivity contribution >= 4 is 40.5 Å². The molecule has 0 unspecified atom stereocenters. The summed E-state index contributed by atoms with van der Waals surface area (Å²) in [4.78, 5) is 15.1. The van der Waals surface area contributed by atoms with Gasteiger partial charge in [-0.15, -0.1) is 11.3 Å². The fourth-order valence-corrected chi connectivity index (χ4v) is 3.39. The summed E-state index contributed by atoms with van der Waals surface area (Å²) >= 11 is 13.6. The van der Waals surface area contributed by atoms with Crippen LogP contribution in [0.25, 0.3) is 10.4 Å². The minimum absolute atomic E-state index is 0.0394. The normalized spacial score (nSPS) is 11.4. The second-order valence-electron chi connectivity index (χ2n) is 5.29. The molecule has 22 heavy (non-hydrogen) atoms. The molecule has 1 N–H and O–H groups in total. The van der Waals surface area contributed by atoms with E-state index in [1.807, 2.05) is 43.0 Å². The number of benzene rings is 1. The first-order chi connectivity index (χ1) is 10.4. The number of aliphatic carboxylic acids is 1. The Bertz CT molecular complexity index is 670. The average Bonchev–Trinajstić information content (AvgIpc) is 2.89. The molecule has 6 heteroatoms. The summed E-state index contributed by atoms with van der Waals surface area (Å²) < 4.78 is 0. The molecule has 3 nitrogen and oxygen atoms in total. The third-order valence-electron chi connectivity index (χ3n) is 3.29. The fraction of sp³-hybridized carbons (Fsp3) is 0.312. The maximum Gasteiger partial charge on any atom is 0.317 e. The van der Waals surface area contributed by atoms with Crippen molar-refractivity contribution in [1.82, 2.24) is 4.90 Å². The molecule has 1 aromatic carbocycles. The van der Waals surface area contributed by atoms with E-state index in [0.717, 1.165) is 15.3 Å². The van der Waals surface area contributed by atoms with Gasteiger partial charge >= 0.3 is 5.97 Å². The molecule has 0 aliphatic rings. The van der Waals surface area contributed by atoms with Gasteiger partial charge in [-0.1, -0.05) is 29.3 Å². The summed E-state index contributed by atoms with van der Waals surface area (Å²) in [5, 5.41) is 10.1. The molecule has 0 atom stereocenters. The third-order valence-corrected chi connectivity index (χ3v) is 5.15. The van der Waals surface area contributed by atoms with Crippen molar-refractivity contribution in [2.24, 2.45) is 0 Å². The van der Waals surface area contributed by atoms with Crippen LogP contribution in [0.2, 0.25) is 10.0 Å². The highest BCUT2D eigenvalue weighted by Gasteiger charge is 2.15. The summed E-state index contributed by atoms with van der Waals surface area (Å²) in [6.07, 6.45) is 0. The number of hydrogen-bond donors (Lipinski definition) is 1. The van der Waals surface area contributed by atoms with E-state index in [9.17, 15) is 4.79 Å². The van der Waals surface area contributed by atoms with Crippen LogP contribution in [0.5, 0.6) is 0 Å². The Hall–Kier alpha value is -1.07. The van der Waals surface area contributed by atoms with Gasteiger partial charge in [-0.05, 0) is 43.7 Å². The smallest absolute Gasteiger partial charge is 0.317 e. The Kier molecular flexibility index (Phi) is 5.87. The SMILES string of the molecule is CC(C)N(CC(=O)O)Cc1ccc(-c2ccc(Cl)c(Cl)c2)s1. The maximum absolute atomic E-state index is 10.9. The minimum Gasteiger partial charge on any atom is -0.480 e. The summed E-state index contributed by atoms with van der Waals surface area (Å²) in [7, 11) is 0. The Morgan fingerprint density at radius 3 is 2.55 bits per heavy atom. The van der Waals surface area contributed by atoms with Crippen LogP contribution >= 0.6 is 34.5 Å². The first-order valence-corrected chi connectivity index (χ1v) is 8.44. The molecular formula is C16H17Cl2NO2S. The standard InChI is InChI=1S/C16H17Cl2NO2S/c1-10(2)19(9-16(20)21)8-12-4-6-15(22-12)11-3-5-13(17)14(18)7-11/h3-7,10H,8-9H2,1-2H3,(H,20,21). The van der Waals surface area contributed by atoms with Crippen LogP contribution in [0.15, 0.2) is 30.3 Å². The molecule has 2 aromatic rings.